The fourth-order valence-corrected chi connectivity index (χ4v) is 4.65. The minimum atomic E-state index is 0.102. The minimum Gasteiger partial charge on any atom is -0.454 e. The van der Waals surface area contributed by atoms with Gasteiger partial charge in [0, 0.05) is 6.61 Å². The molecule has 0 amide bonds. The number of hydrogen-bond donors (Lipinski definition) is 1. The van der Waals surface area contributed by atoms with E-state index in [-0.39, 0.29) is 10.7 Å². The Kier molecular flexibility index (Phi) is 3.96. The Labute approximate surface area is 121 Å². The number of ether oxygens (including phenoxy) is 2. The molecular formula is C14H16O3S2. The molecule has 0 atom stereocenters. The first-order valence-corrected chi connectivity index (χ1v) is 8.07. The van der Waals surface area contributed by atoms with Crippen LogP contribution < -0.4 is 9.47 Å². The molecule has 3 rings (SSSR count). The van der Waals surface area contributed by atoms with Crippen molar-refractivity contribution in [2.24, 2.45) is 0 Å². The molecule has 0 saturated carbocycles. The molecule has 0 unspecified atom stereocenters. The van der Waals surface area contributed by atoms with Crippen LogP contribution in [0.1, 0.15) is 18.4 Å². The molecule has 2 aliphatic rings. The van der Waals surface area contributed by atoms with Crippen LogP contribution in [0.3, 0.4) is 0 Å². The zero-order valence-corrected chi connectivity index (χ0v) is 12.1. The molecule has 0 fully saturated rings. The molecule has 3 nitrogen and oxygen atoms in total. The number of aliphatic hydroxyl groups is 1. The Morgan fingerprint density at radius 3 is 2.68 bits per heavy atom. The molecule has 1 aromatic carbocycles. The predicted molar refractivity (Wildman–Crippen MR) is 79.6 cm³/mol. The first kappa shape index (κ1) is 13.2. The summed E-state index contributed by atoms with van der Waals surface area (Å²) in [7, 11) is 0. The van der Waals surface area contributed by atoms with E-state index in [0.29, 0.717) is 6.79 Å². The molecule has 0 radical (unpaired) electrons. The van der Waals surface area contributed by atoms with Crippen LogP contribution in [-0.4, -0.2) is 22.6 Å². The lowest BCUT2D eigenvalue weighted by atomic mass is 10.1. The number of aryl methyl sites for hydroxylation is 1. The summed E-state index contributed by atoms with van der Waals surface area (Å²) in [6.07, 6.45) is 2.84. The summed E-state index contributed by atoms with van der Waals surface area (Å²) >= 11 is 3.65. The zero-order valence-electron chi connectivity index (χ0n) is 10.5. The van der Waals surface area contributed by atoms with Gasteiger partial charge in [-0.1, -0.05) is 6.07 Å². The Hall–Kier alpha value is -0.780. The standard InChI is InChI=1S/C14H16O3S2/c15-6-5-14(18-7-8-19-14)4-3-11-1-2-12-13(9-11)17-10-16-12/h1-2,7-9,15H,3-6,10H2. The van der Waals surface area contributed by atoms with Gasteiger partial charge >= 0.3 is 0 Å². The summed E-state index contributed by atoms with van der Waals surface area (Å²) in [6, 6.07) is 6.13. The van der Waals surface area contributed by atoms with Crippen LogP contribution in [0.4, 0.5) is 0 Å². The van der Waals surface area contributed by atoms with Gasteiger partial charge in [0.25, 0.3) is 0 Å². The third kappa shape index (κ3) is 2.88. The van der Waals surface area contributed by atoms with Gasteiger partial charge in [0.1, 0.15) is 0 Å². The Bertz CT molecular complexity index is 480. The highest BCUT2D eigenvalue weighted by Gasteiger charge is 2.32. The molecule has 0 aromatic heterocycles. The lowest BCUT2D eigenvalue weighted by Gasteiger charge is -2.26. The van der Waals surface area contributed by atoms with Crippen LogP contribution in [-0.2, 0) is 6.42 Å². The maximum atomic E-state index is 9.22. The molecule has 0 bridgehead atoms. The lowest BCUT2D eigenvalue weighted by molar-refractivity contribution is 0.174. The monoisotopic (exact) mass is 296 g/mol. The van der Waals surface area contributed by atoms with Crippen molar-refractivity contribution >= 4 is 23.5 Å². The van der Waals surface area contributed by atoms with E-state index in [4.69, 9.17) is 9.47 Å². The smallest absolute Gasteiger partial charge is 0.231 e. The molecule has 19 heavy (non-hydrogen) atoms. The summed E-state index contributed by atoms with van der Waals surface area (Å²) in [5.41, 5.74) is 1.26. The third-order valence-corrected chi connectivity index (χ3v) is 6.32. The van der Waals surface area contributed by atoms with Gasteiger partial charge in [-0.3, -0.25) is 0 Å². The van der Waals surface area contributed by atoms with Crippen molar-refractivity contribution in [3.8, 4) is 11.5 Å². The molecule has 0 aliphatic carbocycles. The second-order valence-electron chi connectivity index (χ2n) is 4.58. The summed E-state index contributed by atoms with van der Waals surface area (Å²) in [5, 5.41) is 13.5. The van der Waals surface area contributed by atoms with Gasteiger partial charge in [-0.2, -0.15) is 0 Å². The molecular weight excluding hydrogens is 280 g/mol. The predicted octanol–water partition coefficient (Wildman–Crippen LogP) is 3.38. The zero-order chi connectivity index (χ0) is 13.1. The number of benzene rings is 1. The Balaban J connectivity index is 1.65. The highest BCUT2D eigenvalue weighted by atomic mass is 32.2. The highest BCUT2D eigenvalue weighted by molar-refractivity contribution is 8.23. The summed E-state index contributed by atoms with van der Waals surface area (Å²) < 4.78 is 10.8. The summed E-state index contributed by atoms with van der Waals surface area (Å²) in [4.78, 5) is 0. The number of rotatable bonds is 5. The number of aliphatic hydroxyl groups excluding tert-OH is 1. The van der Waals surface area contributed by atoms with E-state index in [1.54, 1.807) is 0 Å². The van der Waals surface area contributed by atoms with Crippen LogP contribution in [0.25, 0.3) is 0 Å². The average molecular weight is 296 g/mol. The van der Waals surface area contributed by atoms with Crippen LogP contribution in [0, 0.1) is 0 Å². The van der Waals surface area contributed by atoms with Crippen LogP contribution in [0.2, 0.25) is 0 Å². The first-order chi connectivity index (χ1) is 9.31. The quantitative estimate of drug-likeness (QED) is 0.902. The SMILES string of the molecule is OCCC1(CCc2ccc3c(c2)OCO3)SC=CS1. The van der Waals surface area contributed by atoms with Crippen LogP contribution in [0.5, 0.6) is 11.5 Å². The topological polar surface area (TPSA) is 38.7 Å². The molecule has 102 valence electrons. The van der Waals surface area contributed by atoms with Gasteiger partial charge in [0.2, 0.25) is 6.79 Å². The van der Waals surface area contributed by atoms with Crippen molar-refractivity contribution in [1.82, 2.24) is 0 Å². The van der Waals surface area contributed by atoms with Crippen molar-refractivity contribution in [3.63, 3.8) is 0 Å². The van der Waals surface area contributed by atoms with Crippen molar-refractivity contribution in [1.29, 1.82) is 0 Å². The first-order valence-electron chi connectivity index (χ1n) is 6.31. The van der Waals surface area contributed by atoms with E-state index >= 15 is 0 Å². The molecule has 1 N–H and O–H groups in total. The molecule has 2 heterocycles. The molecule has 2 aliphatic heterocycles. The number of hydrogen-bond acceptors (Lipinski definition) is 5. The average Bonchev–Trinajstić information content (AvgIpc) is 3.05. The second kappa shape index (κ2) is 5.69. The van der Waals surface area contributed by atoms with E-state index in [1.165, 1.54) is 5.56 Å². The van der Waals surface area contributed by atoms with E-state index in [1.807, 2.05) is 29.6 Å². The maximum Gasteiger partial charge on any atom is 0.231 e. The van der Waals surface area contributed by atoms with E-state index < -0.39 is 0 Å². The summed E-state index contributed by atoms with van der Waals surface area (Å²) in [5.74, 6) is 1.68. The van der Waals surface area contributed by atoms with Gasteiger partial charge in [-0.15, -0.1) is 23.5 Å². The van der Waals surface area contributed by atoms with Gasteiger partial charge < -0.3 is 14.6 Å². The molecule has 0 spiro atoms. The van der Waals surface area contributed by atoms with Gasteiger partial charge in [-0.25, -0.2) is 0 Å². The Morgan fingerprint density at radius 1 is 1.11 bits per heavy atom. The minimum absolute atomic E-state index is 0.102. The fourth-order valence-electron chi connectivity index (χ4n) is 2.29. The van der Waals surface area contributed by atoms with Gasteiger partial charge in [0.15, 0.2) is 11.5 Å². The van der Waals surface area contributed by atoms with E-state index in [9.17, 15) is 5.11 Å². The van der Waals surface area contributed by atoms with Crippen LogP contribution >= 0.6 is 23.5 Å². The fraction of sp³-hybridized carbons (Fsp3) is 0.429. The second-order valence-corrected chi connectivity index (χ2v) is 7.42. The normalized spacial score (nSPS) is 19.0. The molecule has 0 saturated heterocycles. The van der Waals surface area contributed by atoms with Gasteiger partial charge in [0.05, 0.1) is 4.08 Å². The Morgan fingerprint density at radius 2 is 1.89 bits per heavy atom. The number of thioether (sulfide) groups is 2. The van der Waals surface area contributed by atoms with Gasteiger partial charge in [-0.05, 0) is 47.8 Å². The van der Waals surface area contributed by atoms with Crippen molar-refractivity contribution in [2.45, 2.75) is 23.3 Å². The van der Waals surface area contributed by atoms with Crippen molar-refractivity contribution in [2.75, 3.05) is 13.4 Å². The third-order valence-electron chi connectivity index (χ3n) is 3.35. The largest absolute Gasteiger partial charge is 0.454 e. The maximum absolute atomic E-state index is 9.22. The summed E-state index contributed by atoms with van der Waals surface area (Å²) in [6.45, 7) is 0.561. The van der Waals surface area contributed by atoms with Crippen molar-refractivity contribution in [3.05, 3.63) is 34.6 Å². The molecule has 5 heteroatoms. The lowest BCUT2D eigenvalue weighted by Crippen LogP contribution is -2.19. The van der Waals surface area contributed by atoms with E-state index in [0.717, 1.165) is 30.8 Å². The highest BCUT2D eigenvalue weighted by Crippen LogP contribution is 2.50. The molecule has 1 aromatic rings. The van der Waals surface area contributed by atoms with E-state index in [2.05, 4.69) is 22.9 Å². The number of fused-ring (bicyclic) bond motifs is 1. The van der Waals surface area contributed by atoms with Crippen LogP contribution in [0.15, 0.2) is 29.0 Å². The van der Waals surface area contributed by atoms with Crippen molar-refractivity contribution < 1.29 is 14.6 Å².